The summed E-state index contributed by atoms with van der Waals surface area (Å²) < 4.78 is 0. The highest BCUT2D eigenvalue weighted by atomic mass is 32.1. The van der Waals surface area contributed by atoms with Crippen molar-refractivity contribution in [2.45, 2.75) is 26.8 Å². The van der Waals surface area contributed by atoms with E-state index in [1.54, 1.807) is 11.4 Å². The van der Waals surface area contributed by atoms with Crippen LogP contribution >= 0.6 is 11.3 Å². The van der Waals surface area contributed by atoms with Crippen molar-refractivity contribution in [2.75, 3.05) is 0 Å². The maximum atomic E-state index is 10.9. The van der Waals surface area contributed by atoms with Gasteiger partial charge in [0.15, 0.2) is 0 Å². The second-order valence-electron chi connectivity index (χ2n) is 4.35. The lowest BCUT2D eigenvalue weighted by Crippen LogP contribution is -2.27. The molecular formula is C10H15NO2S. The van der Waals surface area contributed by atoms with Crippen molar-refractivity contribution >= 4 is 17.3 Å². The second-order valence-corrected chi connectivity index (χ2v) is 5.27. The monoisotopic (exact) mass is 213 g/mol. The molecule has 3 nitrogen and oxygen atoms in total. The molecule has 0 fully saturated rings. The van der Waals surface area contributed by atoms with Crippen LogP contribution in [0.5, 0.6) is 0 Å². The van der Waals surface area contributed by atoms with Gasteiger partial charge >= 0.3 is 5.97 Å². The summed E-state index contributed by atoms with van der Waals surface area (Å²) in [6.07, 6.45) is 0. The van der Waals surface area contributed by atoms with Crippen LogP contribution in [0, 0.1) is 5.41 Å². The Kier molecular flexibility index (Phi) is 2.97. The van der Waals surface area contributed by atoms with E-state index in [2.05, 4.69) is 0 Å². The van der Waals surface area contributed by atoms with Crippen molar-refractivity contribution in [3.8, 4) is 0 Å². The lowest BCUT2D eigenvalue weighted by Gasteiger charge is -2.26. The van der Waals surface area contributed by atoms with Gasteiger partial charge in [0.2, 0.25) is 0 Å². The summed E-state index contributed by atoms with van der Waals surface area (Å²) in [7, 11) is 0. The average molecular weight is 213 g/mol. The molecule has 14 heavy (non-hydrogen) atoms. The van der Waals surface area contributed by atoms with Crippen molar-refractivity contribution in [1.29, 1.82) is 0 Å². The van der Waals surface area contributed by atoms with Crippen LogP contribution in [-0.4, -0.2) is 11.1 Å². The van der Waals surface area contributed by atoms with Crippen LogP contribution < -0.4 is 5.73 Å². The molecule has 0 bridgehead atoms. The van der Waals surface area contributed by atoms with E-state index in [9.17, 15) is 4.79 Å². The molecular weight excluding hydrogens is 198 g/mol. The molecule has 0 radical (unpaired) electrons. The van der Waals surface area contributed by atoms with Crippen molar-refractivity contribution in [3.05, 3.63) is 21.9 Å². The Bertz CT molecular complexity index is 338. The number of rotatable bonds is 2. The minimum Gasteiger partial charge on any atom is -0.477 e. The lowest BCUT2D eigenvalue weighted by molar-refractivity contribution is 0.0700. The van der Waals surface area contributed by atoms with Gasteiger partial charge in [0.1, 0.15) is 4.88 Å². The molecule has 4 heteroatoms. The molecule has 1 heterocycles. The van der Waals surface area contributed by atoms with Crippen LogP contribution in [0.4, 0.5) is 0 Å². The molecule has 0 amide bonds. The first kappa shape index (κ1) is 11.2. The van der Waals surface area contributed by atoms with Crippen LogP contribution in [0.3, 0.4) is 0 Å². The summed E-state index contributed by atoms with van der Waals surface area (Å²) in [5, 5.41) is 10.7. The quantitative estimate of drug-likeness (QED) is 0.793. The number of carboxylic acids is 1. The predicted octanol–water partition coefficient (Wildman–Crippen LogP) is 2.49. The standard InChI is InChI=1S/C10H15NO2S/c1-10(2,3)8(11)6-4-5-14-7(6)9(12)13/h4-5,8H,11H2,1-3H3,(H,12,13). The molecule has 1 aromatic rings. The fourth-order valence-electron chi connectivity index (χ4n) is 1.20. The number of carbonyl (C=O) groups is 1. The molecule has 1 rings (SSSR count). The van der Waals surface area contributed by atoms with Gasteiger partial charge in [-0.3, -0.25) is 0 Å². The van der Waals surface area contributed by atoms with Crippen LogP contribution in [0.15, 0.2) is 11.4 Å². The molecule has 0 aliphatic carbocycles. The van der Waals surface area contributed by atoms with Crippen molar-refractivity contribution < 1.29 is 9.90 Å². The van der Waals surface area contributed by atoms with E-state index >= 15 is 0 Å². The molecule has 0 saturated heterocycles. The Balaban J connectivity index is 3.07. The van der Waals surface area contributed by atoms with Crippen molar-refractivity contribution in [3.63, 3.8) is 0 Å². The van der Waals surface area contributed by atoms with Gasteiger partial charge in [0.25, 0.3) is 0 Å². The summed E-state index contributed by atoms with van der Waals surface area (Å²) in [6, 6.07) is 1.56. The van der Waals surface area contributed by atoms with Crippen LogP contribution in [0.25, 0.3) is 0 Å². The van der Waals surface area contributed by atoms with Gasteiger partial charge in [-0.15, -0.1) is 11.3 Å². The molecule has 0 aromatic carbocycles. The van der Waals surface area contributed by atoms with Crippen molar-refractivity contribution in [1.82, 2.24) is 0 Å². The van der Waals surface area contributed by atoms with E-state index < -0.39 is 5.97 Å². The normalized spacial score (nSPS) is 14.0. The third kappa shape index (κ3) is 2.13. The molecule has 0 spiro atoms. The molecule has 0 aliphatic heterocycles. The Hall–Kier alpha value is -0.870. The minimum absolute atomic E-state index is 0.120. The first-order valence-electron chi connectivity index (χ1n) is 4.40. The fourth-order valence-corrected chi connectivity index (χ4v) is 1.99. The zero-order valence-electron chi connectivity index (χ0n) is 8.57. The summed E-state index contributed by atoms with van der Waals surface area (Å²) in [5.41, 5.74) is 6.61. The third-order valence-corrected chi connectivity index (χ3v) is 3.08. The fraction of sp³-hybridized carbons (Fsp3) is 0.500. The van der Waals surface area contributed by atoms with Gasteiger partial charge in [-0.1, -0.05) is 20.8 Å². The number of nitrogens with two attached hydrogens (primary N) is 1. The number of carboxylic acid groups (broad SMARTS) is 1. The van der Waals surface area contributed by atoms with E-state index in [0.29, 0.717) is 4.88 Å². The highest BCUT2D eigenvalue weighted by Crippen LogP contribution is 2.34. The van der Waals surface area contributed by atoms with Gasteiger partial charge in [-0.25, -0.2) is 4.79 Å². The van der Waals surface area contributed by atoms with E-state index in [0.717, 1.165) is 5.56 Å². The van der Waals surface area contributed by atoms with Gasteiger partial charge in [0.05, 0.1) is 0 Å². The largest absolute Gasteiger partial charge is 0.477 e. The lowest BCUT2D eigenvalue weighted by atomic mass is 9.83. The molecule has 1 atom stereocenters. The Morgan fingerprint density at radius 1 is 1.57 bits per heavy atom. The maximum absolute atomic E-state index is 10.9. The SMILES string of the molecule is CC(C)(C)C(N)c1ccsc1C(=O)O. The van der Waals surface area contributed by atoms with E-state index in [4.69, 9.17) is 10.8 Å². The first-order valence-corrected chi connectivity index (χ1v) is 5.28. The number of aromatic carboxylic acids is 1. The molecule has 78 valence electrons. The zero-order valence-corrected chi connectivity index (χ0v) is 9.39. The summed E-state index contributed by atoms with van der Waals surface area (Å²) >= 11 is 1.22. The van der Waals surface area contributed by atoms with Gasteiger partial charge in [-0.05, 0) is 22.4 Å². The number of thiophene rings is 1. The highest BCUT2D eigenvalue weighted by Gasteiger charge is 2.26. The van der Waals surface area contributed by atoms with Gasteiger partial charge in [0, 0.05) is 6.04 Å². The van der Waals surface area contributed by atoms with Crippen molar-refractivity contribution in [2.24, 2.45) is 11.1 Å². The number of hydrogen-bond donors (Lipinski definition) is 2. The topological polar surface area (TPSA) is 63.3 Å². The zero-order chi connectivity index (χ0) is 10.9. The van der Waals surface area contributed by atoms with Gasteiger partial charge in [-0.2, -0.15) is 0 Å². The Labute approximate surface area is 87.6 Å². The third-order valence-electron chi connectivity index (χ3n) is 2.16. The Morgan fingerprint density at radius 2 is 2.14 bits per heavy atom. The minimum atomic E-state index is -0.894. The molecule has 1 unspecified atom stereocenters. The van der Waals surface area contributed by atoms with Crippen LogP contribution in [0.1, 0.15) is 42.0 Å². The summed E-state index contributed by atoms with van der Waals surface area (Å²) in [6.45, 7) is 6.00. The van der Waals surface area contributed by atoms with Crippen LogP contribution in [0.2, 0.25) is 0 Å². The second kappa shape index (κ2) is 3.71. The smallest absolute Gasteiger partial charge is 0.346 e. The molecule has 0 saturated carbocycles. The highest BCUT2D eigenvalue weighted by molar-refractivity contribution is 7.12. The summed E-state index contributed by atoms with van der Waals surface area (Å²) in [5.74, 6) is -0.894. The van der Waals surface area contributed by atoms with E-state index in [1.165, 1.54) is 11.3 Å². The predicted molar refractivity (Wildman–Crippen MR) is 57.7 cm³/mol. The van der Waals surface area contributed by atoms with Crippen LogP contribution in [-0.2, 0) is 0 Å². The molecule has 3 N–H and O–H groups in total. The molecule has 1 aromatic heterocycles. The Morgan fingerprint density at radius 3 is 2.57 bits per heavy atom. The number of hydrogen-bond acceptors (Lipinski definition) is 3. The average Bonchev–Trinajstić information content (AvgIpc) is 2.48. The molecule has 0 aliphatic rings. The summed E-state index contributed by atoms with van der Waals surface area (Å²) in [4.78, 5) is 11.2. The van der Waals surface area contributed by atoms with Gasteiger partial charge < -0.3 is 10.8 Å². The maximum Gasteiger partial charge on any atom is 0.346 e. The van der Waals surface area contributed by atoms with E-state index in [1.807, 2.05) is 20.8 Å². The first-order chi connectivity index (χ1) is 6.34. The van der Waals surface area contributed by atoms with E-state index in [-0.39, 0.29) is 11.5 Å².